The molecule has 0 radical (unpaired) electrons. The quantitative estimate of drug-likeness (QED) is 0.303. The summed E-state index contributed by atoms with van der Waals surface area (Å²) in [6, 6.07) is 6.03. The van der Waals surface area contributed by atoms with E-state index in [-0.39, 0.29) is 24.5 Å². The molecule has 0 saturated heterocycles. The molecule has 0 heterocycles. The monoisotopic (exact) mass is 424 g/mol. The largest absolute Gasteiger partial charge is 0.379 e. The highest BCUT2D eigenvalue weighted by Crippen LogP contribution is 2.28. The number of benzene rings is 2. The van der Waals surface area contributed by atoms with Crippen molar-refractivity contribution in [3.05, 3.63) is 58.9 Å². The first-order valence-corrected chi connectivity index (χ1v) is 9.38. The van der Waals surface area contributed by atoms with E-state index in [1.807, 2.05) is 0 Å². The molecule has 0 aliphatic carbocycles. The Labute approximate surface area is 172 Å². The third kappa shape index (κ3) is 6.85. The summed E-state index contributed by atoms with van der Waals surface area (Å²) in [4.78, 5) is 27.5. The standard InChI is InChI=1S/C21H23F3N2O4/c1-14-5-8-18(17(23)13-14)25-20-15(6-7-16(22)19(20)24)21(28)26-30-12-11-29-10-4-2-3-9-27/h5-9,13,25H,2-4,10-12H2,1H3,(H,26,28). The van der Waals surface area contributed by atoms with Crippen molar-refractivity contribution in [2.24, 2.45) is 0 Å². The number of amides is 1. The number of carbonyl (C=O) groups is 2. The minimum absolute atomic E-state index is 0.0262. The minimum Gasteiger partial charge on any atom is -0.379 e. The fourth-order valence-electron chi connectivity index (χ4n) is 2.52. The number of hydrogen-bond donors (Lipinski definition) is 2. The Morgan fingerprint density at radius 1 is 1.03 bits per heavy atom. The fraction of sp³-hybridized carbons (Fsp3) is 0.333. The van der Waals surface area contributed by atoms with Crippen molar-refractivity contribution in [2.75, 3.05) is 25.1 Å². The zero-order valence-corrected chi connectivity index (χ0v) is 16.5. The van der Waals surface area contributed by atoms with Gasteiger partial charge in [-0.25, -0.2) is 18.7 Å². The molecule has 0 aliphatic rings. The van der Waals surface area contributed by atoms with Gasteiger partial charge in [-0.1, -0.05) is 6.07 Å². The predicted octanol–water partition coefficient (Wildman–Crippen LogP) is 4.20. The van der Waals surface area contributed by atoms with Gasteiger partial charge < -0.3 is 14.8 Å². The Bertz CT molecular complexity index is 878. The molecule has 30 heavy (non-hydrogen) atoms. The van der Waals surface area contributed by atoms with Crippen LogP contribution >= 0.6 is 0 Å². The second-order valence-corrected chi connectivity index (χ2v) is 6.45. The molecule has 2 aromatic carbocycles. The molecule has 0 aliphatic heterocycles. The molecule has 0 atom stereocenters. The van der Waals surface area contributed by atoms with Crippen LogP contribution in [0, 0.1) is 24.4 Å². The molecule has 0 saturated carbocycles. The number of nitrogens with one attached hydrogen (secondary N) is 2. The second kappa shape index (κ2) is 11.9. The molecule has 0 aromatic heterocycles. The highest BCUT2D eigenvalue weighted by molar-refractivity contribution is 5.99. The van der Waals surface area contributed by atoms with Gasteiger partial charge in [-0.15, -0.1) is 0 Å². The lowest BCUT2D eigenvalue weighted by Crippen LogP contribution is -2.26. The first kappa shape index (κ1) is 23.4. The third-order valence-corrected chi connectivity index (χ3v) is 4.08. The number of aryl methyl sites for hydroxylation is 1. The highest BCUT2D eigenvalue weighted by atomic mass is 19.2. The Balaban J connectivity index is 1.95. The van der Waals surface area contributed by atoms with Gasteiger partial charge in [0.05, 0.1) is 30.2 Å². The molecule has 6 nitrogen and oxygen atoms in total. The maximum Gasteiger partial charge on any atom is 0.277 e. The van der Waals surface area contributed by atoms with E-state index in [1.54, 1.807) is 13.0 Å². The Morgan fingerprint density at radius 2 is 1.83 bits per heavy atom. The zero-order chi connectivity index (χ0) is 21.9. The van der Waals surface area contributed by atoms with Gasteiger partial charge in [0.25, 0.3) is 5.91 Å². The summed E-state index contributed by atoms with van der Waals surface area (Å²) in [5, 5.41) is 2.44. The first-order valence-electron chi connectivity index (χ1n) is 9.38. The molecule has 0 fully saturated rings. The van der Waals surface area contributed by atoms with Gasteiger partial charge in [0.15, 0.2) is 11.6 Å². The average Bonchev–Trinajstić information content (AvgIpc) is 2.72. The van der Waals surface area contributed by atoms with E-state index in [1.165, 1.54) is 12.1 Å². The Hall–Kier alpha value is -2.91. The highest BCUT2D eigenvalue weighted by Gasteiger charge is 2.20. The van der Waals surface area contributed by atoms with Gasteiger partial charge in [-0.2, -0.15) is 0 Å². The molecule has 162 valence electrons. The molecule has 2 aromatic rings. The summed E-state index contributed by atoms with van der Waals surface area (Å²) in [6.45, 7) is 2.35. The Morgan fingerprint density at radius 3 is 2.57 bits per heavy atom. The van der Waals surface area contributed by atoms with Crippen LogP contribution < -0.4 is 10.8 Å². The number of hydroxylamine groups is 1. The van der Waals surface area contributed by atoms with Crippen molar-refractivity contribution >= 4 is 23.6 Å². The first-order chi connectivity index (χ1) is 14.4. The van der Waals surface area contributed by atoms with Crippen molar-refractivity contribution in [3.8, 4) is 0 Å². The lowest BCUT2D eigenvalue weighted by atomic mass is 10.1. The number of halogens is 3. The van der Waals surface area contributed by atoms with E-state index < -0.39 is 29.0 Å². The van der Waals surface area contributed by atoms with Crippen molar-refractivity contribution < 1.29 is 32.3 Å². The van der Waals surface area contributed by atoms with E-state index in [0.717, 1.165) is 31.3 Å². The Kier molecular flexibility index (Phi) is 9.30. The van der Waals surface area contributed by atoms with E-state index in [4.69, 9.17) is 9.57 Å². The molecule has 2 N–H and O–H groups in total. The normalized spacial score (nSPS) is 10.7. The minimum atomic E-state index is -1.32. The molecule has 0 spiro atoms. The SMILES string of the molecule is Cc1ccc(Nc2c(C(=O)NOCCOCCCCC=O)ccc(F)c2F)c(F)c1. The number of rotatable bonds is 12. The maximum absolute atomic E-state index is 14.3. The number of ether oxygens (including phenoxy) is 1. The van der Waals surface area contributed by atoms with Gasteiger partial charge in [0.2, 0.25) is 0 Å². The number of anilines is 2. The molecule has 0 unspecified atom stereocenters. The van der Waals surface area contributed by atoms with Crippen LogP contribution in [0.15, 0.2) is 30.3 Å². The van der Waals surface area contributed by atoms with Crippen LogP contribution in [0.3, 0.4) is 0 Å². The number of hydrogen-bond acceptors (Lipinski definition) is 5. The number of unbranched alkanes of at least 4 members (excludes halogenated alkanes) is 2. The summed E-state index contributed by atoms with van der Waals surface area (Å²) in [5.41, 5.74) is 1.89. The van der Waals surface area contributed by atoms with Crippen LogP contribution in [0.25, 0.3) is 0 Å². The lowest BCUT2D eigenvalue weighted by Gasteiger charge is -2.14. The summed E-state index contributed by atoms with van der Waals surface area (Å²) in [7, 11) is 0. The lowest BCUT2D eigenvalue weighted by molar-refractivity contribution is -0.108. The van der Waals surface area contributed by atoms with Gasteiger partial charge in [-0.05, 0) is 49.6 Å². The van der Waals surface area contributed by atoms with Gasteiger partial charge >= 0.3 is 0 Å². The summed E-state index contributed by atoms with van der Waals surface area (Å²) >= 11 is 0. The average molecular weight is 424 g/mol. The second-order valence-electron chi connectivity index (χ2n) is 6.45. The summed E-state index contributed by atoms with van der Waals surface area (Å²) in [6.07, 6.45) is 2.78. The van der Waals surface area contributed by atoms with E-state index in [9.17, 15) is 22.8 Å². The number of carbonyl (C=O) groups excluding carboxylic acids is 2. The topological polar surface area (TPSA) is 76.7 Å². The van der Waals surface area contributed by atoms with Crippen LogP contribution in [-0.4, -0.2) is 32.0 Å². The van der Waals surface area contributed by atoms with Crippen LogP contribution in [0.1, 0.15) is 35.2 Å². The number of aldehydes is 1. The predicted molar refractivity (Wildman–Crippen MR) is 105 cm³/mol. The van der Waals surface area contributed by atoms with E-state index in [2.05, 4.69) is 10.8 Å². The molecular weight excluding hydrogens is 401 g/mol. The molecule has 0 bridgehead atoms. The van der Waals surface area contributed by atoms with Gasteiger partial charge in [-0.3, -0.25) is 9.63 Å². The van der Waals surface area contributed by atoms with Crippen LogP contribution in [-0.2, 0) is 14.4 Å². The van der Waals surface area contributed by atoms with Gasteiger partial charge in [0.1, 0.15) is 12.1 Å². The molecular formula is C21H23F3N2O4. The van der Waals surface area contributed by atoms with Crippen molar-refractivity contribution in [3.63, 3.8) is 0 Å². The molecule has 9 heteroatoms. The van der Waals surface area contributed by atoms with Crippen LogP contribution in [0.2, 0.25) is 0 Å². The fourth-order valence-corrected chi connectivity index (χ4v) is 2.52. The van der Waals surface area contributed by atoms with Crippen LogP contribution in [0.5, 0.6) is 0 Å². The zero-order valence-electron chi connectivity index (χ0n) is 16.5. The van der Waals surface area contributed by atoms with E-state index in [0.29, 0.717) is 18.6 Å². The summed E-state index contributed by atoms with van der Waals surface area (Å²) < 4.78 is 47.4. The van der Waals surface area contributed by atoms with Crippen LogP contribution in [0.4, 0.5) is 24.5 Å². The molecule has 1 amide bonds. The van der Waals surface area contributed by atoms with Crippen molar-refractivity contribution in [1.82, 2.24) is 5.48 Å². The smallest absolute Gasteiger partial charge is 0.277 e. The van der Waals surface area contributed by atoms with Gasteiger partial charge in [0, 0.05) is 13.0 Å². The summed E-state index contributed by atoms with van der Waals surface area (Å²) in [5.74, 6) is -4.02. The van der Waals surface area contributed by atoms with Crippen molar-refractivity contribution in [1.29, 1.82) is 0 Å². The molecule has 2 rings (SSSR count). The van der Waals surface area contributed by atoms with Crippen molar-refractivity contribution in [2.45, 2.75) is 26.2 Å². The van der Waals surface area contributed by atoms with E-state index >= 15 is 0 Å². The maximum atomic E-state index is 14.3. The third-order valence-electron chi connectivity index (χ3n) is 4.08.